The van der Waals surface area contributed by atoms with Crippen LogP contribution in [0, 0.1) is 10.6 Å². The topological polar surface area (TPSA) is 49.2 Å². The molecule has 1 saturated heterocycles. The number of β-amino-alcohol motifs (C(OH)–C–C–N with tert-alkyl or cyclic N) is 1. The van der Waals surface area contributed by atoms with Gasteiger partial charge in [0.15, 0.2) is 0 Å². The van der Waals surface area contributed by atoms with Crippen molar-refractivity contribution in [3.05, 3.63) is 15.6 Å². The lowest BCUT2D eigenvalue weighted by Gasteiger charge is -2.16. The number of anilines is 1. The Balaban J connectivity index is 2.23. The van der Waals surface area contributed by atoms with E-state index >= 15 is 0 Å². The van der Waals surface area contributed by atoms with E-state index in [0.29, 0.717) is 18.2 Å². The van der Waals surface area contributed by atoms with Gasteiger partial charge in [-0.25, -0.2) is 14.4 Å². The van der Waals surface area contributed by atoms with E-state index in [1.54, 1.807) is 17.9 Å². The second-order valence-corrected chi connectivity index (χ2v) is 4.69. The molecule has 2 unspecified atom stereocenters. The highest BCUT2D eigenvalue weighted by Gasteiger charge is 2.32. The Bertz CT molecular complexity index is 346. The Kier molecular flexibility index (Phi) is 3.06. The zero-order valence-corrected chi connectivity index (χ0v) is 10.3. The van der Waals surface area contributed by atoms with Crippen LogP contribution in [0.1, 0.15) is 5.82 Å². The highest BCUT2D eigenvalue weighted by atomic mass is 127. The Labute approximate surface area is 101 Å². The van der Waals surface area contributed by atoms with Crippen LogP contribution in [0.3, 0.4) is 0 Å². The maximum Gasteiger partial charge on any atom is 0.145 e. The molecule has 15 heavy (non-hydrogen) atoms. The van der Waals surface area contributed by atoms with Gasteiger partial charge in [0.2, 0.25) is 0 Å². The fourth-order valence-corrected chi connectivity index (χ4v) is 2.24. The first-order valence-corrected chi connectivity index (χ1v) is 5.72. The van der Waals surface area contributed by atoms with Crippen LogP contribution in [0.4, 0.5) is 10.2 Å². The maximum atomic E-state index is 13.1. The molecule has 2 rings (SSSR count). The van der Waals surface area contributed by atoms with Gasteiger partial charge in [-0.05, 0) is 29.5 Å². The number of halogens is 2. The number of aliphatic hydroxyl groups excluding tert-OH is 1. The van der Waals surface area contributed by atoms with Gasteiger partial charge in [-0.15, -0.1) is 0 Å². The molecule has 0 radical (unpaired) electrons. The van der Waals surface area contributed by atoms with E-state index in [4.69, 9.17) is 0 Å². The van der Waals surface area contributed by atoms with Gasteiger partial charge in [0.1, 0.15) is 27.6 Å². The number of alkyl halides is 1. The van der Waals surface area contributed by atoms with Gasteiger partial charge in [-0.3, -0.25) is 0 Å². The van der Waals surface area contributed by atoms with Crippen molar-refractivity contribution < 1.29 is 9.50 Å². The van der Waals surface area contributed by atoms with Crippen molar-refractivity contribution in [2.45, 2.75) is 19.2 Å². The van der Waals surface area contributed by atoms with E-state index in [-0.39, 0.29) is 6.54 Å². The second kappa shape index (κ2) is 4.17. The molecule has 1 aliphatic rings. The predicted octanol–water partition coefficient (Wildman–Crippen LogP) is 0.909. The number of nitrogens with zero attached hydrogens (tertiary/aromatic N) is 3. The molecule has 4 nitrogen and oxygen atoms in total. The highest BCUT2D eigenvalue weighted by molar-refractivity contribution is 14.1. The van der Waals surface area contributed by atoms with E-state index in [1.165, 1.54) is 0 Å². The summed E-state index contributed by atoms with van der Waals surface area (Å²) in [6, 6.07) is 1.79. The molecule has 0 saturated carbocycles. The third kappa shape index (κ3) is 2.36. The predicted molar refractivity (Wildman–Crippen MR) is 62.6 cm³/mol. The Morgan fingerprint density at radius 3 is 2.80 bits per heavy atom. The first-order valence-electron chi connectivity index (χ1n) is 4.64. The molecule has 1 fully saturated rings. The normalized spacial score (nSPS) is 26.0. The van der Waals surface area contributed by atoms with E-state index in [9.17, 15) is 9.50 Å². The fraction of sp³-hybridized carbons (Fsp3) is 0.556. The van der Waals surface area contributed by atoms with Gasteiger partial charge in [0.05, 0.1) is 6.54 Å². The number of hydrogen-bond donors (Lipinski definition) is 1. The van der Waals surface area contributed by atoms with Crippen molar-refractivity contribution >= 4 is 28.4 Å². The zero-order chi connectivity index (χ0) is 11.0. The molecular formula is C9H11FIN3O. The Hall–Kier alpha value is -0.500. The quantitative estimate of drug-likeness (QED) is 0.617. The fourth-order valence-electron chi connectivity index (χ4n) is 1.61. The Morgan fingerprint density at radius 1 is 1.53 bits per heavy atom. The lowest BCUT2D eigenvalue weighted by molar-refractivity contribution is 0.118. The number of rotatable bonds is 1. The molecule has 1 N–H and O–H groups in total. The zero-order valence-electron chi connectivity index (χ0n) is 8.19. The largest absolute Gasteiger partial charge is 0.388 e. The van der Waals surface area contributed by atoms with E-state index < -0.39 is 12.3 Å². The first-order chi connectivity index (χ1) is 7.06. The summed E-state index contributed by atoms with van der Waals surface area (Å²) in [7, 11) is 0. The molecule has 0 aliphatic carbocycles. The van der Waals surface area contributed by atoms with E-state index in [1.807, 2.05) is 0 Å². The van der Waals surface area contributed by atoms with Crippen LogP contribution in [0.2, 0.25) is 0 Å². The monoisotopic (exact) mass is 323 g/mol. The van der Waals surface area contributed by atoms with Gasteiger partial charge in [0.25, 0.3) is 0 Å². The van der Waals surface area contributed by atoms with Crippen LogP contribution in [0.15, 0.2) is 6.07 Å². The number of aliphatic hydroxyl groups is 1. The third-order valence-electron chi connectivity index (χ3n) is 2.34. The van der Waals surface area contributed by atoms with Crippen molar-refractivity contribution in [2.75, 3.05) is 18.0 Å². The number of aryl methyl sites for hydroxylation is 1. The lowest BCUT2D eigenvalue weighted by Crippen LogP contribution is -2.22. The van der Waals surface area contributed by atoms with E-state index in [2.05, 4.69) is 32.6 Å². The Morgan fingerprint density at radius 2 is 2.27 bits per heavy atom. The molecule has 1 aromatic heterocycles. The standard InChI is InChI=1S/C9H11FIN3O/c1-5-12-8(11)2-9(13-5)14-3-6(10)7(15)4-14/h2,6-7,15H,3-4H2,1H3. The van der Waals surface area contributed by atoms with Gasteiger partial charge in [-0.1, -0.05) is 0 Å². The molecule has 0 bridgehead atoms. The minimum absolute atomic E-state index is 0.202. The number of aromatic nitrogens is 2. The summed E-state index contributed by atoms with van der Waals surface area (Å²) in [6.07, 6.45) is -2.09. The SMILES string of the molecule is Cc1nc(I)cc(N2CC(O)C(F)C2)n1. The van der Waals surface area contributed by atoms with Crippen LogP contribution in [0.25, 0.3) is 0 Å². The van der Waals surface area contributed by atoms with Crippen molar-refractivity contribution in [3.63, 3.8) is 0 Å². The summed E-state index contributed by atoms with van der Waals surface area (Å²) in [5, 5.41) is 9.31. The van der Waals surface area contributed by atoms with E-state index in [0.717, 1.165) is 3.70 Å². The van der Waals surface area contributed by atoms with Crippen molar-refractivity contribution in [3.8, 4) is 0 Å². The molecule has 0 amide bonds. The van der Waals surface area contributed by atoms with Crippen LogP contribution in [-0.2, 0) is 0 Å². The van der Waals surface area contributed by atoms with Gasteiger partial charge in [-0.2, -0.15) is 0 Å². The summed E-state index contributed by atoms with van der Waals surface area (Å²) in [5.74, 6) is 1.35. The van der Waals surface area contributed by atoms with Crippen LogP contribution in [0.5, 0.6) is 0 Å². The molecular weight excluding hydrogens is 312 g/mol. The summed E-state index contributed by atoms with van der Waals surface area (Å²) in [5.41, 5.74) is 0. The van der Waals surface area contributed by atoms with Gasteiger partial charge >= 0.3 is 0 Å². The summed E-state index contributed by atoms with van der Waals surface area (Å²) < 4.78 is 13.9. The van der Waals surface area contributed by atoms with Crippen molar-refractivity contribution in [1.29, 1.82) is 0 Å². The molecule has 0 aromatic carbocycles. The van der Waals surface area contributed by atoms with Crippen molar-refractivity contribution in [1.82, 2.24) is 9.97 Å². The summed E-state index contributed by atoms with van der Waals surface area (Å²) >= 11 is 2.09. The van der Waals surface area contributed by atoms with Gasteiger partial charge < -0.3 is 10.0 Å². The smallest absolute Gasteiger partial charge is 0.145 e. The average molecular weight is 323 g/mol. The molecule has 6 heteroatoms. The second-order valence-electron chi connectivity index (χ2n) is 3.58. The van der Waals surface area contributed by atoms with Crippen LogP contribution < -0.4 is 4.90 Å². The molecule has 2 atom stereocenters. The van der Waals surface area contributed by atoms with Gasteiger partial charge in [0, 0.05) is 12.6 Å². The minimum atomic E-state index is -1.18. The van der Waals surface area contributed by atoms with Crippen molar-refractivity contribution in [2.24, 2.45) is 0 Å². The molecule has 2 heterocycles. The summed E-state index contributed by atoms with van der Waals surface area (Å²) in [4.78, 5) is 10.1. The number of hydrogen-bond acceptors (Lipinski definition) is 4. The molecule has 1 aliphatic heterocycles. The maximum absolute atomic E-state index is 13.1. The highest BCUT2D eigenvalue weighted by Crippen LogP contribution is 2.21. The average Bonchev–Trinajstić information content (AvgIpc) is 2.45. The molecule has 1 aromatic rings. The summed E-state index contributed by atoms with van der Waals surface area (Å²) in [6.45, 7) is 2.30. The first kappa shape index (κ1) is 11.0. The van der Waals surface area contributed by atoms with Crippen LogP contribution >= 0.6 is 22.6 Å². The molecule has 82 valence electrons. The lowest BCUT2D eigenvalue weighted by atomic mass is 10.3. The van der Waals surface area contributed by atoms with Crippen LogP contribution in [-0.4, -0.2) is 40.4 Å². The minimum Gasteiger partial charge on any atom is -0.388 e. The molecule has 0 spiro atoms. The third-order valence-corrected chi connectivity index (χ3v) is 2.89.